The zero-order valence-corrected chi connectivity index (χ0v) is 12.2. The van der Waals surface area contributed by atoms with Gasteiger partial charge in [-0.25, -0.2) is 0 Å². The summed E-state index contributed by atoms with van der Waals surface area (Å²) in [6, 6.07) is 0. The summed E-state index contributed by atoms with van der Waals surface area (Å²) in [6.07, 6.45) is 2.05. The molecular formula is C14H22O3S. The third kappa shape index (κ3) is 3.87. The topological polar surface area (TPSA) is 54.4 Å². The second kappa shape index (κ2) is 6.98. The Labute approximate surface area is 113 Å². The van der Waals surface area contributed by atoms with Gasteiger partial charge in [0.2, 0.25) is 0 Å². The molecule has 18 heavy (non-hydrogen) atoms. The molecular weight excluding hydrogens is 248 g/mol. The fraction of sp³-hybridized carbons (Fsp3) is 0.714. The molecule has 0 amide bonds. The maximum Gasteiger partial charge on any atom is 0.170 e. The van der Waals surface area contributed by atoms with Gasteiger partial charge in [-0.05, 0) is 18.1 Å². The maximum absolute atomic E-state index is 11.9. The first-order valence-corrected chi connectivity index (χ1v) is 7.64. The Bertz CT molecular complexity index is 340. The van der Waals surface area contributed by atoms with Crippen LogP contribution < -0.4 is 0 Å². The van der Waals surface area contributed by atoms with E-state index in [4.69, 9.17) is 0 Å². The molecule has 1 fully saturated rings. The summed E-state index contributed by atoms with van der Waals surface area (Å²) in [5.74, 6) is 0.804. The van der Waals surface area contributed by atoms with Crippen molar-refractivity contribution in [2.24, 2.45) is 5.92 Å². The Balaban J connectivity index is 2.68. The van der Waals surface area contributed by atoms with Crippen molar-refractivity contribution >= 4 is 23.3 Å². The Morgan fingerprint density at radius 3 is 2.33 bits per heavy atom. The largest absolute Gasteiger partial charge is 0.511 e. The lowest BCUT2D eigenvalue weighted by molar-refractivity contribution is -0.125. The summed E-state index contributed by atoms with van der Waals surface area (Å²) in [6.45, 7) is 5.99. The fourth-order valence-corrected chi connectivity index (χ4v) is 3.42. The van der Waals surface area contributed by atoms with Crippen molar-refractivity contribution in [2.45, 2.75) is 51.7 Å². The second-order valence-electron chi connectivity index (χ2n) is 4.80. The van der Waals surface area contributed by atoms with E-state index in [2.05, 4.69) is 13.8 Å². The highest BCUT2D eigenvalue weighted by Gasteiger charge is 2.33. The maximum atomic E-state index is 11.9. The quantitative estimate of drug-likeness (QED) is 0.473. The standard InChI is InChI=1S/C14H22O3S/c1-4-11(15)14-12(16)7-10(8-13(14)17)6-9(3)18-5-2/h9-10,15H,4-8H2,1-3H3. The predicted molar refractivity (Wildman–Crippen MR) is 74.9 cm³/mol. The van der Waals surface area contributed by atoms with Crippen LogP contribution in [0.5, 0.6) is 0 Å². The summed E-state index contributed by atoms with van der Waals surface area (Å²) in [5.41, 5.74) is 0.0598. The van der Waals surface area contributed by atoms with Crippen LogP contribution in [0.1, 0.15) is 46.5 Å². The molecule has 102 valence electrons. The van der Waals surface area contributed by atoms with Crippen LogP contribution in [0.2, 0.25) is 0 Å². The van der Waals surface area contributed by atoms with Gasteiger partial charge in [0.15, 0.2) is 11.6 Å². The molecule has 0 bridgehead atoms. The van der Waals surface area contributed by atoms with Crippen LogP contribution in [0.4, 0.5) is 0 Å². The Kier molecular flexibility index (Phi) is 5.93. The van der Waals surface area contributed by atoms with Gasteiger partial charge in [-0.2, -0.15) is 11.8 Å². The van der Waals surface area contributed by atoms with Gasteiger partial charge in [0.1, 0.15) is 5.76 Å². The van der Waals surface area contributed by atoms with Gasteiger partial charge in [-0.3, -0.25) is 9.59 Å². The van der Waals surface area contributed by atoms with Crippen molar-refractivity contribution < 1.29 is 14.7 Å². The summed E-state index contributed by atoms with van der Waals surface area (Å²) >= 11 is 1.85. The number of rotatable bonds is 5. The number of hydrogen-bond donors (Lipinski definition) is 1. The molecule has 1 aliphatic rings. The highest BCUT2D eigenvalue weighted by molar-refractivity contribution is 7.99. The van der Waals surface area contributed by atoms with Crippen molar-refractivity contribution in [3.05, 3.63) is 11.3 Å². The van der Waals surface area contributed by atoms with Gasteiger partial charge in [-0.15, -0.1) is 0 Å². The van der Waals surface area contributed by atoms with E-state index in [1.807, 2.05) is 11.8 Å². The van der Waals surface area contributed by atoms with E-state index >= 15 is 0 Å². The summed E-state index contributed by atoms with van der Waals surface area (Å²) < 4.78 is 0. The first kappa shape index (κ1) is 15.3. The highest BCUT2D eigenvalue weighted by atomic mass is 32.2. The highest BCUT2D eigenvalue weighted by Crippen LogP contribution is 2.30. The van der Waals surface area contributed by atoms with E-state index in [1.54, 1.807) is 6.92 Å². The minimum atomic E-state index is -0.177. The zero-order valence-electron chi connectivity index (χ0n) is 11.4. The fourth-order valence-electron chi connectivity index (χ4n) is 2.44. The van der Waals surface area contributed by atoms with Crippen LogP contribution in [0.25, 0.3) is 0 Å². The summed E-state index contributed by atoms with van der Waals surface area (Å²) in [7, 11) is 0. The molecule has 0 aromatic heterocycles. The number of Topliss-reactive ketones (excluding diaryl/α,β-unsaturated/α-hetero) is 2. The average Bonchev–Trinajstić information content (AvgIpc) is 2.27. The molecule has 1 rings (SSSR count). The number of hydrogen-bond acceptors (Lipinski definition) is 4. The van der Waals surface area contributed by atoms with Gasteiger partial charge < -0.3 is 5.11 Å². The van der Waals surface area contributed by atoms with Crippen molar-refractivity contribution in [1.82, 2.24) is 0 Å². The number of carbonyl (C=O) groups excluding carboxylic acids is 2. The van der Waals surface area contributed by atoms with Crippen LogP contribution >= 0.6 is 11.8 Å². The van der Waals surface area contributed by atoms with Crippen molar-refractivity contribution in [2.75, 3.05) is 5.75 Å². The van der Waals surface area contributed by atoms with Crippen LogP contribution in [0, 0.1) is 5.92 Å². The van der Waals surface area contributed by atoms with Crippen molar-refractivity contribution in [3.63, 3.8) is 0 Å². The van der Waals surface area contributed by atoms with E-state index in [0.717, 1.165) is 12.2 Å². The minimum absolute atomic E-state index is 0.0422. The molecule has 0 aromatic carbocycles. The normalized spacial score (nSPS) is 22.2. The molecule has 0 saturated heterocycles. The number of carbonyl (C=O) groups is 2. The molecule has 4 heteroatoms. The second-order valence-corrected chi connectivity index (χ2v) is 6.51. The first-order valence-electron chi connectivity index (χ1n) is 6.59. The van der Waals surface area contributed by atoms with E-state index < -0.39 is 0 Å². The van der Waals surface area contributed by atoms with Crippen molar-refractivity contribution in [1.29, 1.82) is 0 Å². The van der Waals surface area contributed by atoms with Crippen LogP contribution in [-0.2, 0) is 9.59 Å². The van der Waals surface area contributed by atoms with Gasteiger partial charge in [0.25, 0.3) is 0 Å². The molecule has 1 N–H and O–H groups in total. The summed E-state index contributed by atoms with van der Waals surface area (Å²) in [5, 5.41) is 10.1. The molecule has 1 aliphatic carbocycles. The molecule has 0 heterocycles. The first-order chi connectivity index (χ1) is 8.49. The molecule has 0 aliphatic heterocycles. The van der Waals surface area contributed by atoms with Crippen LogP contribution in [-0.4, -0.2) is 27.7 Å². The SMILES string of the molecule is CCSC(C)CC1CC(=O)C(=C(O)CC)C(=O)C1. The Hall–Kier alpha value is -0.770. The lowest BCUT2D eigenvalue weighted by atomic mass is 9.81. The monoisotopic (exact) mass is 270 g/mol. The van der Waals surface area contributed by atoms with E-state index in [9.17, 15) is 14.7 Å². The van der Waals surface area contributed by atoms with Gasteiger partial charge in [0.05, 0.1) is 5.57 Å². The number of thioether (sulfide) groups is 1. The minimum Gasteiger partial charge on any atom is -0.511 e. The lowest BCUT2D eigenvalue weighted by Crippen LogP contribution is -2.28. The number of allylic oxidation sites excluding steroid dienone is 2. The number of aliphatic hydroxyl groups is 1. The van der Waals surface area contributed by atoms with Gasteiger partial charge >= 0.3 is 0 Å². The molecule has 1 atom stereocenters. The average molecular weight is 270 g/mol. The van der Waals surface area contributed by atoms with Gasteiger partial charge in [-0.1, -0.05) is 20.8 Å². The number of aliphatic hydroxyl groups excluding tert-OH is 1. The zero-order chi connectivity index (χ0) is 13.7. The summed E-state index contributed by atoms with van der Waals surface area (Å²) in [4.78, 5) is 23.8. The smallest absolute Gasteiger partial charge is 0.170 e. The van der Waals surface area contributed by atoms with Crippen LogP contribution in [0.3, 0.4) is 0 Å². The predicted octanol–water partition coefficient (Wildman–Crippen LogP) is 3.29. The molecule has 1 saturated carbocycles. The third-order valence-corrected chi connectivity index (χ3v) is 4.34. The van der Waals surface area contributed by atoms with E-state index in [0.29, 0.717) is 24.5 Å². The number of ketones is 2. The third-order valence-electron chi connectivity index (χ3n) is 3.25. The van der Waals surface area contributed by atoms with E-state index in [-0.39, 0.29) is 28.8 Å². The van der Waals surface area contributed by atoms with Gasteiger partial charge in [0, 0.05) is 24.5 Å². The molecule has 0 aromatic rings. The van der Waals surface area contributed by atoms with Crippen LogP contribution in [0.15, 0.2) is 11.3 Å². The molecule has 0 spiro atoms. The van der Waals surface area contributed by atoms with E-state index in [1.165, 1.54) is 0 Å². The molecule has 0 radical (unpaired) electrons. The Morgan fingerprint density at radius 2 is 1.89 bits per heavy atom. The van der Waals surface area contributed by atoms with Crippen molar-refractivity contribution in [3.8, 4) is 0 Å². The Morgan fingerprint density at radius 1 is 1.33 bits per heavy atom. The lowest BCUT2D eigenvalue weighted by Gasteiger charge is -2.24. The molecule has 3 nitrogen and oxygen atoms in total. The molecule has 1 unspecified atom stereocenters.